The van der Waals surface area contributed by atoms with Gasteiger partial charge in [-0.2, -0.15) is 49.2 Å². The van der Waals surface area contributed by atoms with Crippen LogP contribution in [0.4, 0.5) is 54.0 Å². The Labute approximate surface area is 168 Å². The van der Waals surface area contributed by atoms with Crippen LogP contribution in [0.25, 0.3) is 0 Å². The lowest BCUT2D eigenvalue weighted by atomic mass is 9.71. The fourth-order valence-electron chi connectivity index (χ4n) is 2.46. The zero-order valence-corrected chi connectivity index (χ0v) is 14.9. The Hall–Kier alpha value is -2.01. The fraction of sp³-hybridized carbons (Fsp3) is 0.429. The number of benzene rings is 1. The first kappa shape index (κ1) is 24.3. The molecule has 1 aliphatic carbocycles. The maximum Gasteiger partial charge on any atom is 0.384 e. The smallest absolute Gasteiger partial charge is 0.320 e. The Morgan fingerprint density at radius 1 is 0.767 bits per heavy atom. The van der Waals surface area contributed by atoms with Crippen LogP contribution in [-0.4, -0.2) is 41.2 Å². The number of carbonyl (C=O) groups excluding carboxylic acids is 1. The number of nitrogens with one attached hydrogen (secondary N) is 1. The molecule has 0 heterocycles. The van der Waals surface area contributed by atoms with Gasteiger partial charge in [0.2, 0.25) is 0 Å². The maximum atomic E-state index is 14.6. The molecule has 0 unspecified atom stereocenters. The van der Waals surface area contributed by atoms with Crippen molar-refractivity contribution >= 4 is 34.8 Å². The Balaban J connectivity index is 2.72. The summed E-state index contributed by atoms with van der Waals surface area (Å²) in [4.78, 5) is 11.8. The summed E-state index contributed by atoms with van der Waals surface area (Å²) in [5, 5.41) is 7.62. The van der Waals surface area contributed by atoms with Crippen LogP contribution in [0.15, 0.2) is 12.1 Å². The predicted octanol–water partition coefficient (Wildman–Crippen LogP) is 5.70. The summed E-state index contributed by atoms with van der Waals surface area (Å²) in [5.74, 6) is -40.6. The van der Waals surface area contributed by atoms with Crippen molar-refractivity contribution in [3.05, 3.63) is 27.7 Å². The first-order chi connectivity index (χ1) is 13.3. The Bertz CT molecular complexity index is 905. The number of anilines is 1. The van der Waals surface area contributed by atoms with Crippen LogP contribution in [0.3, 0.4) is 0 Å². The van der Waals surface area contributed by atoms with Gasteiger partial charge in [-0.05, 0) is 12.1 Å². The molecule has 0 radical (unpaired) electrons. The molecule has 1 amide bonds. The van der Waals surface area contributed by atoms with Gasteiger partial charge in [-0.25, -0.2) is 4.39 Å². The molecule has 1 N–H and O–H groups in total. The highest BCUT2D eigenvalue weighted by Crippen LogP contribution is 2.69. The van der Waals surface area contributed by atoms with Crippen LogP contribution >= 0.6 is 23.2 Å². The molecule has 0 bridgehead atoms. The minimum absolute atomic E-state index is 0.371. The van der Waals surface area contributed by atoms with Crippen molar-refractivity contribution in [1.29, 1.82) is 5.26 Å². The van der Waals surface area contributed by atoms with Crippen LogP contribution in [0, 0.1) is 11.3 Å². The second-order valence-corrected chi connectivity index (χ2v) is 6.73. The Kier molecular flexibility index (Phi) is 5.25. The molecule has 1 aromatic rings. The summed E-state index contributed by atoms with van der Waals surface area (Å²) < 4.78 is 150. The number of nitriles is 1. The minimum Gasteiger partial charge on any atom is -0.320 e. The molecule has 1 aromatic carbocycles. The third-order valence-corrected chi connectivity index (χ3v) is 4.76. The maximum absolute atomic E-state index is 14.6. The van der Waals surface area contributed by atoms with Gasteiger partial charge >= 0.3 is 35.3 Å². The van der Waals surface area contributed by atoms with E-state index in [1.54, 1.807) is 0 Å². The molecule has 1 aliphatic rings. The second kappa shape index (κ2) is 6.49. The second-order valence-electron chi connectivity index (χ2n) is 5.91. The molecule has 1 fully saturated rings. The van der Waals surface area contributed by atoms with Gasteiger partial charge in [0.1, 0.15) is 0 Å². The zero-order valence-electron chi connectivity index (χ0n) is 13.4. The van der Waals surface area contributed by atoms with Crippen molar-refractivity contribution in [3.63, 3.8) is 0 Å². The third-order valence-electron chi connectivity index (χ3n) is 4.17. The van der Waals surface area contributed by atoms with E-state index in [-0.39, 0.29) is 5.56 Å². The zero-order chi connectivity index (χ0) is 23.7. The van der Waals surface area contributed by atoms with Crippen LogP contribution in [0.1, 0.15) is 5.56 Å². The van der Waals surface area contributed by atoms with Gasteiger partial charge < -0.3 is 5.32 Å². The quantitative estimate of drug-likeness (QED) is 0.536. The van der Waals surface area contributed by atoms with Crippen LogP contribution in [0.2, 0.25) is 10.0 Å². The first-order valence-electron chi connectivity index (χ1n) is 7.04. The Morgan fingerprint density at radius 3 is 1.43 bits per heavy atom. The molecule has 0 saturated heterocycles. The van der Waals surface area contributed by atoms with Gasteiger partial charge in [-0.1, -0.05) is 23.2 Å². The van der Waals surface area contributed by atoms with Crippen molar-refractivity contribution in [3.8, 4) is 6.07 Å². The first-order valence-corrected chi connectivity index (χ1v) is 7.80. The molecular weight excluding hydrogens is 492 g/mol. The summed E-state index contributed by atoms with van der Waals surface area (Å²) in [6, 6.07) is 2.67. The lowest BCUT2D eigenvalue weighted by molar-refractivity contribution is -0.475. The Morgan fingerprint density at radius 2 is 1.10 bits per heavy atom. The molecule has 0 aromatic heterocycles. The number of amides is 1. The van der Waals surface area contributed by atoms with E-state index < -0.39 is 56.9 Å². The van der Waals surface area contributed by atoms with E-state index in [0.29, 0.717) is 12.1 Å². The summed E-state index contributed by atoms with van der Waals surface area (Å²) in [7, 11) is 0. The molecule has 16 heteroatoms. The average Bonchev–Trinajstić information content (AvgIpc) is 2.61. The normalized spacial score (nSPS) is 24.5. The molecule has 0 aliphatic heterocycles. The fourth-order valence-corrected chi connectivity index (χ4v) is 3.04. The van der Waals surface area contributed by atoms with E-state index in [4.69, 9.17) is 28.5 Å². The molecule has 166 valence electrons. The van der Waals surface area contributed by atoms with Crippen molar-refractivity contribution in [2.24, 2.45) is 0 Å². The molecule has 0 atom stereocenters. The van der Waals surface area contributed by atoms with Crippen LogP contribution in [-0.2, 0) is 4.79 Å². The van der Waals surface area contributed by atoms with E-state index in [1.165, 1.54) is 6.07 Å². The number of hydrogen-bond acceptors (Lipinski definition) is 2. The van der Waals surface area contributed by atoms with E-state index >= 15 is 0 Å². The summed E-state index contributed by atoms with van der Waals surface area (Å²) >= 11 is 11.0. The van der Waals surface area contributed by atoms with Gasteiger partial charge in [-0.3, -0.25) is 4.79 Å². The van der Waals surface area contributed by atoms with Gasteiger partial charge in [0.15, 0.2) is 0 Å². The summed E-state index contributed by atoms with van der Waals surface area (Å²) in [6.07, 6.45) is 0. The van der Waals surface area contributed by atoms with Crippen LogP contribution in [0.5, 0.6) is 0 Å². The van der Waals surface area contributed by atoms with Crippen molar-refractivity contribution in [2.75, 3.05) is 5.32 Å². The SMILES string of the molecule is N#Cc1cc(Cl)c(NC(=O)C2(F)C(F)(F)C(F)(F)C(F)(F)C(F)(F)C2(F)F)c(Cl)c1. The standard InChI is InChI=1S/C14H3Cl2F11N2O/c15-5-1-4(3-28)2-6(16)7(5)29-8(30)9(17)10(18,19)12(22,23)14(26,27)13(24,25)11(9,20)21/h1-2H,(H,29,30). The van der Waals surface area contributed by atoms with Crippen LogP contribution < -0.4 is 5.32 Å². The molecule has 30 heavy (non-hydrogen) atoms. The lowest BCUT2D eigenvalue weighted by Crippen LogP contribution is -2.86. The number of hydrogen-bond donors (Lipinski definition) is 1. The highest BCUT2D eigenvalue weighted by Gasteiger charge is 3.02. The van der Waals surface area contributed by atoms with Crippen molar-refractivity contribution in [1.82, 2.24) is 0 Å². The van der Waals surface area contributed by atoms with Gasteiger partial charge in [0, 0.05) is 0 Å². The number of rotatable bonds is 2. The number of halogens is 13. The summed E-state index contributed by atoms with van der Waals surface area (Å²) in [5.41, 5.74) is -8.49. The number of carbonyl (C=O) groups is 1. The average molecular weight is 495 g/mol. The number of nitrogens with zero attached hydrogens (tertiary/aromatic N) is 1. The highest BCUT2D eigenvalue weighted by atomic mass is 35.5. The van der Waals surface area contributed by atoms with Gasteiger partial charge in [-0.15, -0.1) is 0 Å². The van der Waals surface area contributed by atoms with E-state index in [2.05, 4.69) is 0 Å². The van der Waals surface area contributed by atoms with E-state index in [0.717, 1.165) is 5.32 Å². The van der Waals surface area contributed by atoms with Crippen molar-refractivity contribution < 1.29 is 53.1 Å². The van der Waals surface area contributed by atoms with E-state index in [1.807, 2.05) is 0 Å². The third kappa shape index (κ3) is 2.54. The molecule has 0 spiro atoms. The largest absolute Gasteiger partial charge is 0.384 e. The van der Waals surface area contributed by atoms with Gasteiger partial charge in [0.05, 0.1) is 27.4 Å². The minimum atomic E-state index is -7.45. The van der Waals surface area contributed by atoms with Crippen molar-refractivity contribution in [2.45, 2.75) is 35.3 Å². The highest BCUT2D eigenvalue weighted by molar-refractivity contribution is 6.40. The van der Waals surface area contributed by atoms with E-state index in [9.17, 15) is 53.1 Å². The monoisotopic (exact) mass is 494 g/mol. The lowest BCUT2D eigenvalue weighted by Gasteiger charge is -2.51. The molecule has 1 saturated carbocycles. The molecular formula is C14H3Cl2F11N2O. The number of alkyl halides is 11. The van der Waals surface area contributed by atoms with Gasteiger partial charge in [0.25, 0.3) is 5.91 Å². The molecule has 3 nitrogen and oxygen atoms in total. The summed E-state index contributed by atoms with van der Waals surface area (Å²) in [6.45, 7) is 0. The molecule has 2 rings (SSSR count). The topological polar surface area (TPSA) is 52.9 Å². The predicted molar refractivity (Wildman–Crippen MR) is 78.4 cm³/mol.